The molecule has 0 spiro atoms. The first-order chi connectivity index (χ1) is 15.3. The molecule has 1 saturated carbocycles. The summed E-state index contributed by atoms with van der Waals surface area (Å²) in [7, 11) is 0. The number of ether oxygens (including phenoxy) is 4. The summed E-state index contributed by atoms with van der Waals surface area (Å²) in [5.74, 6) is 0.618. The summed E-state index contributed by atoms with van der Waals surface area (Å²) in [5, 5.41) is 0. The molecule has 1 aliphatic carbocycles. The van der Waals surface area contributed by atoms with Gasteiger partial charge in [0, 0.05) is 6.42 Å². The summed E-state index contributed by atoms with van der Waals surface area (Å²) in [6, 6.07) is 9.79. The van der Waals surface area contributed by atoms with Gasteiger partial charge in [-0.3, -0.25) is 4.90 Å². The minimum Gasteiger partial charge on any atom is -0.444 e. The highest BCUT2D eigenvalue weighted by atomic mass is 16.7. The van der Waals surface area contributed by atoms with Gasteiger partial charge in [-0.1, -0.05) is 62.4 Å². The van der Waals surface area contributed by atoms with Crippen molar-refractivity contribution in [3.8, 4) is 0 Å². The minimum absolute atomic E-state index is 0.0311. The second kappa shape index (κ2) is 9.70. The second-order valence-corrected chi connectivity index (χ2v) is 10.6. The van der Waals surface area contributed by atoms with E-state index in [0.29, 0.717) is 19.1 Å². The van der Waals surface area contributed by atoms with Crippen LogP contribution in [0.2, 0.25) is 0 Å². The van der Waals surface area contributed by atoms with Crippen LogP contribution in [0.15, 0.2) is 30.3 Å². The average Bonchev–Trinajstić information content (AvgIpc) is 3.22. The molecule has 3 aliphatic rings. The van der Waals surface area contributed by atoms with Gasteiger partial charge in [0.25, 0.3) is 0 Å². The summed E-state index contributed by atoms with van der Waals surface area (Å²) >= 11 is 0. The van der Waals surface area contributed by atoms with Crippen LogP contribution in [0.5, 0.6) is 0 Å². The molecule has 32 heavy (non-hydrogen) atoms. The fourth-order valence-electron chi connectivity index (χ4n) is 5.57. The maximum Gasteiger partial charge on any atom is 0.412 e. The monoisotopic (exact) mass is 445 g/mol. The van der Waals surface area contributed by atoms with Gasteiger partial charge in [-0.15, -0.1) is 0 Å². The Balaban J connectivity index is 1.51. The number of nitrogens with zero attached hydrogens (tertiary/aromatic N) is 1. The lowest BCUT2D eigenvalue weighted by Crippen LogP contribution is -2.49. The van der Waals surface area contributed by atoms with Crippen molar-refractivity contribution in [1.29, 1.82) is 0 Å². The number of hydrogen-bond acceptors (Lipinski definition) is 5. The van der Waals surface area contributed by atoms with Gasteiger partial charge in [-0.05, 0) is 45.6 Å². The normalized spacial score (nSPS) is 29.9. The third-order valence-corrected chi connectivity index (χ3v) is 7.40. The molecule has 0 radical (unpaired) electrons. The Morgan fingerprint density at radius 1 is 1.06 bits per heavy atom. The third kappa shape index (κ3) is 5.29. The van der Waals surface area contributed by atoms with E-state index in [1.807, 2.05) is 49.1 Å². The Bertz CT molecular complexity index is 759. The van der Waals surface area contributed by atoms with Crippen molar-refractivity contribution >= 4 is 6.09 Å². The Labute approximate surface area is 192 Å². The first-order valence-corrected chi connectivity index (χ1v) is 12.2. The average molecular weight is 446 g/mol. The molecule has 2 aliphatic heterocycles. The first-order valence-electron chi connectivity index (χ1n) is 12.2. The molecule has 6 heteroatoms. The lowest BCUT2D eigenvalue weighted by molar-refractivity contribution is -0.0823. The molecule has 0 bridgehead atoms. The molecule has 4 rings (SSSR count). The van der Waals surface area contributed by atoms with Crippen molar-refractivity contribution in [3.05, 3.63) is 35.9 Å². The predicted molar refractivity (Wildman–Crippen MR) is 122 cm³/mol. The molecular formula is C26H39NO5. The van der Waals surface area contributed by atoms with Crippen molar-refractivity contribution < 1.29 is 23.7 Å². The van der Waals surface area contributed by atoms with E-state index in [9.17, 15) is 4.79 Å². The third-order valence-electron chi connectivity index (χ3n) is 7.40. The number of benzene rings is 1. The molecule has 3 fully saturated rings. The maximum atomic E-state index is 13.4. The van der Waals surface area contributed by atoms with Crippen LogP contribution in [0, 0.1) is 5.92 Å². The van der Waals surface area contributed by atoms with Gasteiger partial charge in [-0.25, -0.2) is 4.79 Å². The summed E-state index contributed by atoms with van der Waals surface area (Å²) in [4.78, 5) is 15.2. The van der Waals surface area contributed by atoms with E-state index < -0.39 is 5.72 Å². The zero-order valence-electron chi connectivity index (χ0n) is 20.0. The number of amides is 1. The van der Waals surface area contributed by atoms with Crippen molar-refractivity contribution in [2.24, 2.45) is 5.92 Å². The number of carbonyl (C=O) groups is 1. The standard InChI is InChI=1S/C26H39NO5/c1-25(2)23(30-18-31-25)16-22-21(15-19-11-7-5-8-12-19)27(26(3,4)32-22)24(28)29-17-20-13-9-6-10-14-20/h6,9-10,13-14,19,21-23H,5,7-8,11-12,15-18H2,1-4H3/t21-,22-,23-/m0/s1. The van der Waals surface area contributed by atoms with Crippen LogP contribution in [0.4, 0.5) is 4.79 Å². The largest absolute Gasteiger partial charge is 0.444 e. The summed E-state index contributed by atoms with van der Waals surface area (Å²) in [6.45, 7) is 8.65. The number of carbonyl (C=O) groups excluding carboxylic acids is 1. The molecule has 0 aromatic heterocycles. The van der Waals surface area contributed by atoms with E-state index in [0.717, 1.165) is 12.0 Å². The molecule has 1 amide bonds. The zero-order valence-corrected chi connectivity index (χ0v) is 20.0. The van der Waals surface area contributed by atoms with E-state index in [4.69, 9.17) is 18.9 Å². The molecule has 0 unspecified atom stereocenters. The van der Waals surface area contributed by atoms with Crippen LogP contribution in [0.1, 0.15) is 78.2 Å². The Morgan fingerprint density at radius 2 is 1.78 bits per heavy atom. The van der Waals surface area contributed by atoms with Gasteiger partial charge in [0.15, 0.2) is 0 Å². The van der Waals surface area contributed by atoms with E-state index in [1.165, 1.54) is 32.1 Å². The molecule has 0 N–H and O–H groups in total. The number of rotatable bonds is 6. The highest BCUT2D eigenvalue weighted by molar-refractivity contribution is 5.69. The van der Waals surface area contributed by atoms with E-state index in [1.54, 1.807) is 0 Å². The van der Waals surface area contributed by atoms with Crippen molar-refractivity contribution in [2.75, 3.05) is 6.79 Å². The zero-order chi connectivity index (χ0) is 22.8. The molecule has 6 nitrogen and oxygen atoms in total. The second-order valence-electron chi connectivity index (χ2n) is 10.6. The molecule has 1 aromatic carbocycles. The molecule has 2 heterocycles. The topological polar surface area (TPSA) is 57.2 Å². The van der Waals surface area contributed by atoms with E-state index in [-0.39, 0.29) is 36.6 Å². The van der Waals surface area contributed by atoms with Crippen LogP contribution in [0.3, 0.4) is 0 Å². The van der Waals surface area contributed by atoms with Gasteiger partial charge < -0.3 is 18.9 Å². The smallest absolute Gasteiger partial charge is 0.412 e. The van der Waals surface area contributed by atoms with Crippen molar-refractivity contribution in [2.45, 2.75) is 109 Å². The summed E-state index contributed by atoms with van der Waals surface area (Å²) < 4.78 is 24.0. The summed E-state index contributed by atoms with van der Waals surface area (Å²) in [6.07, 6.45) is 7.50. The molecule has 3 atom stereocenters. The van der Waals surface area contributed by atoms with Crippen molar-refractivity contribution in [3.63, 3.8) is 0 Å². The van der Waals surface area contributed by atoms with Crippen LogP contribution in [-0.4, -0.2) is 47.4 Å². The first kappa shape index (κ1) is 23.5. The van der Waals surface area contributed by atoms with Crippen LogP contribution in [0.25, 0.3) is 0 Å². The quantitative estimate of drug-likeness (QED) is 0.567. The highest BCUT2D eigenvalue weighted by Crippen LogP contribution is 2.42. The van der Waals surface area contributed by atoms with Crippen LogP contribution >= 0.6 is 0 Å². The van der Waals surface area contributed by atoms with Gasteiger partial charge in [0.05, 0.1) is 23.9 Å². The molecule has 2 saturated heterocycles. The van der Waals surface area contributed by atoms with E-state index in [2.05, 4.69) is 13.8 Å². The fourth-order valence-corrected chi connectivity index (χ4v) is 5.57. The molecular weight excluding hydrogens is 406 g/mol. The molecule has 1 aromatic rings. The van der Waals surface area contributed by atoms with Gasteiger partial charge in [-0.2, -0.15) is 0 Å². The van der Waals surface area contributed by atoms with Crippen LogP contribution < -0.4 is 0 Å². The lowest BCUT2D eigenvalue weighted by Gasteiger charge is -2.35. The minimum atomic E-state index is -0.735. The fraction of sp³-hybridized carbons (Fsp3) is 0.731. The highest BCUT2D eigenvalue weighted by Gasteiger charge is 2.53. The Morgan fingerprint density at radius 3 is 2.44 bits per heavy atom. The number of hydrogen-bond donors (Lipinski definition) is 0. The Hall–Kier alpha value is -1.63. The van der Waals surface area contributed by atoms with E-state index >= 15 is 0 Å². The maximum absolute atomic E-state index is 13.4. The van der Waals surface area contributed by atoms with Gasteiger partial charge in [0.1, 0.15) is 19.1 Å². The lowest BCUT2D eigenvalue weighted by atomic mass is 9.82. The summed E-state index contributed by atoms with van der Waals surface area (Å²) in [5.41, 5.74) is -0.108. The molecule has 178 valence electrons. The van der Waals surface area contributed by atoms with Gasteiger partial charge in [0.2, 0.25) is 0 Å². The SMILES string of the molecule is CC1(C)OCO[C@H]1C[C@@H]1OC(C)(C)N(C(=O)OCc2ccccc2)[C@H]1CC1CCCCC1. The van der Waals surface area contributed by atoms with Crippen LogP contribution in [-0.2, 0) is 25.6 Å². The Kier molecular flexibility index (Phi) is 7.13. The predicted octanol–water partition coefficient (Wildman–Crippen LogP) is 5.64. The van der Waals surface area contributed by atoms with Gasteiger partial charge >= 0.3 is 6.09 Å². The van der Waals surface area contributed by atoms with Crippen molar-refractivity contribution in [1.82, 2.24) is 4.90 Å².